The van der Waals surface area contributed by atoms with Crippen LogP contribution >= 0.6 is 0 Å². The molecule has 0 saturated carbocycles. The number of methoxy groups -OCH3 is 1. The molecular formula is C23H38O2Si. The molecule has 0 bridgehead atoms. The normalized spacial score (nSPS) is 12.5. The van der Waals surface area contributed by atoms with E-state index in [1.807, 2.05) is 12.1 Å². The third-order valence-electron chi connectivity index (χ3n) is 5.34. The van der Waals surface area contributed by atoms with Crippen LogP contribution in [0.15, 0.2) is 48.1 Å². The minimum absolute atomic E-state index is 0.000809. The summed E-state index contributed by atoms with van der Waals surface area (Å²) in [7, 11) is -0.0146. The Hall–Kier alpha value is -1.32. The quantitative estimate of drug-likeness (QED) is 0.215. The maximum atomic E-state index is 6.87. The zero-order chi connectivity index (χ0) is 19.6. The average molecular weight is 375 g/mol. The Balaban J connectivity index is 2.99. The van der Waals surface area contributed by atoms with Crippen LogP contribution in [0.4, 0.5) is 0 Å². The Morgan fingerprint density at radius 1 is 1.08 bits per heavy atom. The predicted molar refractivity (Wildman–Crippen MR) is 116 cm³/mol. The van der Waals surface area contributed by atoms with E-state index < -0.39 is 8.32 Å². The van der Waals surface area contributed by atoms with E-state index in [2.05, 4.69) is 59.4 Å². The molecule has 1 aromatic carbocycles. The second kappa shape index (κ2) is 11.4. The van der Waals surface area contributed by atoms with Gasteiger partial charge in [0.1, 0.15) is 5.75 Å². The molecule has 1 rings (SSSR count). The van der Waals surface area contributed by atoms with Crippen LogP contribution < -0.4 is 4.74 Å². The molecule has 1 unspecified atom stereocenters. The smallest absolute Gasteiger partial charge is 0.193 e. The lowest BCUT2D eigenvalue weighted by atomic mass is 9.98. The van der Waals surface area contributed by atoms with Gasteiger partial charge in [-0.15, -0.1) is 0 Å². The summed E-state index contributed by atoms with van der Waals surface area (Å²) in [5, 5.41) is 0. The van der Waals surface area contributed by atoms with E-state index in [4.69, 9.17) is 9.16 Å². The number of hydrogen-bond donors (Lipinski definition) is 0. The maximum absolute atomic E-state index is 6.87. The van der Waals surface area contributed by atoms with Crippen molar-refractivity contribution in [2.75, 3.05) is 7.11 Å². The summed E-state index contributed by atoms with van der Waals surface area (Å²) in [6.45, 7) is 15.6. The molecule has 0 aromatic heterocycles. The van der Waals surface area contributed by atoms with Crippen LogP contribution in [-0.4, -0.2) is 15.4 Å². The first-order valence-electron chi connectivity index (χ1n) is 10.0. The van der Waals surface area contributed by atoms with E-state index in [0.717, 1.165) is 43.1 Å². The van der Waals surface area contributed by atoms with Crippen molar-refractivity contribution in [3.63, 3.8) is 0 Å². The summed E-state index contributed by atoms with van der Waals surface area (Å²) < 4.78 is 12.2. The molecule has 146 valence electrons. The summed E-state index contributed by atoms with van der Waals surface area (Å²) in [5.74, 6) is 0.881. The van der Waals surface area contributed by atoms with Crippen LogP contribution in [0.25, 0.3) is 0 Å². The molecule has 3 heteroatoms. The summed E-state index contributed by atoms with van der Waals surface area (Å²) in [6.07, 6.45) is 5.54. The second-order valence-electron chi connectivity index (χ2n) is 7.35. The van der Waals surface area contributed by atoms with Crippen molar-refractivity contribution in [2.45, 2.75) is 78.1 Å². The van der Waals surface area contributed by atoms with Gasteiger partial charge in [0.2, 0.25) is 0 Å². The highest BCUT2D eigenvalue weighted by atomic mass is 28.4. The van der Waals surface area contributed by atoms with E-state index in [9.17, 15) is 0 Å². The molecular weight excluding hydrogens is 336 g/mol. The van der Waals surface area contributed by atoms with E-state index in [0.29, 0.717) is 0 Å². The highest BCUT2D eigenvalue weighted by Crippen LogP contribution is 2.36. The monoisotopic (exact) mass is 374 g/mol. The van der Waals surface area contributed by atoms with Crippen molar-refractivity contribution in [1.82, 2.24) is 0 Å². The van der Waals surface area contributed by atoms with Crippen LogP contribution in [0.3, 0.4) is 0 Å². The zero-order valence-corrected chi connectivity index (χ0v) is 18.7. The number of benzene rings is 1. The minimum Gasteiger partial charge on any atom is -0.497 e. The number of rotatable bonds is 12. The summed E-state index contributed by atoms with van der Waals surface area (Å²) in [5.41, 5.74) is 3.78. The third kappa shape index (κ3) is 6.77. The Kier molecular flexibility index (Phi) is 9.96. The fraction of sp³-hybridized carbons (Fsp3) is 0.565. The first kappa shape index (κ1) is 22.7. The molecule has 1 aromatic rings. The fourth-order valence-electron chi connectivity index (χ4n) is 3.27. The summed E-state index contributed by atoms with van der Waals surface area (Å²) >= 11 is 0. The van der Waals surface area contributed by atoms with Gasteiger partial charge in [-0.05, 0) is 74.5 Å². The fourth-order valence-corrected chi connectivity index (χ4v) is 6.07. The molecule has 0 spiro atoms. The highest BCUT2D eigenvalue weighted by molar-refractivity contribution is 6.73. The molecule has 0 aliphatic rings. The van der Waals surface area contributed by atoms with Crippen molar-refractivity contribution in [3.8, 4) is 5.75 Å². The van der Waals surface area contributed by atoms with Crippen molar-refractivity contribution in [2.24, 2.45) is 0 Å². The van der Waals surface area contributed by atoms with Gasteiger partial charge >= 0.3 is 0 Å². The van der Waals surface area contributed by atoms with Gasteiger partial charge in [0.15, 0.2) is 8.32 Å². The number of allylic oxidation sites excluding steroid dienone is 2. The van der Waals surface area contributed by atoms with Gasteiger partial charge in [0.25, 0.3) is 0 Å². The van der Waals surface area contributed by atoms with Gasteiger partial charge in [-0.25, -0.2) is 0 Å². The van der Waals surface area contributed by atoms with Crippen molar-refractivity contribution in [1.29, 1.82) is 0 Å². The molecule has 2 nitrogen and oxygen atoms in total. The molecule has 0 fully saturated rings. The first-order valence-corrected chi connectivity index (χ1v) is 12.6. The molecule has 0 aliphatic heterocycles. The number of hydrogen-bond acceptors (Lipinski definition) is 2. The number of unbranched alkanes of at least 4 members (excludes halogenated alkanes) is 1. The topological polar surface area (TPSA) is 18.5 Å². The lowest BCUT2D eigenvalue weighted by Crippen LogP contribution is -2.37. The van der Waals surface area contributed by atoms with Gasteiger partial charge in [-0.2, -0.15) is 0 Å². The molecule has 0 heterocycles. The maximum Gasteiger partial charge on any atom is 0.193 e. The van der Waals surface area contributed by atoms with Gasteiger partial charge in [-0.1, -0.05) is 51.1 Å². The third-order valence-corrected chi connectivity index (χ3v) is 9.95. The standard InChI is InChI=1S/C23H38O2Si/c1-8-26(9-2,10-3)25-23(20(6)14-12-11-13-19(4)5)21-15-17-22(24-7)18-16-21/h13,15-18,23H,6,8-12,14H2,1-5,7H3. The minimum atomic E-state index is -1.72. The van der Waals surface area contributed by atoms with E-state index in [1.54, 1.807) is 7.11 Å². The highest BCUT2D eigenvalue weighted by Gasteiger charge is 2.33. The second-order valence-corrected chi connectivity index (χ2v) is 12.1. The van der Waals surface area contributed by atoms with Gasteiger partial charge in [-0.3, -0.25) is 0 Å². The average Bonchev–Trinajstić information content (AvgIpc) is 2.67. The Labute approximate surface area is 162 Å². The van der Waals surface area contributed by atoms with Crippen molar-refractivity contribution >= 4 is 8.32 Å². The Morgan fingerprint density at radius 3 is 2.12 bits per heavy atom. The van der Waals surface area contributed by atoms with Crippen molar-refractivity contribution in [3.05, 3.63) is 53.6 Å². The van der Waals surface area contributed by atoms with Crippen LogP contribution in [0.1, 0.15) is 65.5 Å². The molecule has 26 heavy (non-hydrogen) atoms. The van der Waals surface area contributed by atoms with Crippen LogP contribution in [0.2, 0.25) is 18.1 Å². The SMILES string of the molecule is C=C(CCCC=C(C)C)C(O[Si](CC)(CC)CC)c1ccc(OC)cc1. The van der Waals surface area contributed by atoms with E-state index in [-0.39, 0.29) is 6.10 Å². The van der Waals surface area contributed by atoms with Crippen LogP contribution in [-0.2, 0) is 4.43 Å². The van der Waals surface area contributed by atoms with Crippen LogP contribution in [0, 0.1) is 0 Å². The number of ether oxygens (including phenoxy) is 1. The molecule has 0 aliphatic carbocycles. The summed E-state index contributed by atoms with van der Waals surface area (Å²) in [4.78, 5) is 0. The largest absolute Gasteiger partial charge is 0.497 e. The first-order chi connectivity index (χ1) is 12.4. The predicted octanol–water partition coefficient (Wildman–Crippen LogP) is 7.45. The lowest BCUT2D eigenvalue weighted by Gasteiger charge is -2.34. The van der Waals surface area contributed by atoms with E-state index in [1.165, 1.54) is 16.7 Å². The Morgan fingerprint density at radius 2 is 1.65 bits per heavy atom. The van der Waals surface area contributed by atoms with Gasteiger partial charge < -0.3 is 9.16 Å². The van der Waals surface area contributed by atoms with Gasteiger partial charge in [0.05, 0.1) is 13.2 Å². The summed E-state index contributed by atoms with van der Waals surface area (Å²) in [6, 6.07) is 11.8. The van der Waals surface area contributed by atoms with Crippen molar-refractivity contribution < 1.29 is 9.16 Å². The van der Waals surface area contributed by atoms with Gasteiger partial charge in [0, 0.05) is 0 Å². The van der Waals surface area contributed by atoms with Crippen LogP contribution in [0.5, 0.6) is 5.75 Å². The van der Waals surface area contributed by atoms with E-state index >= 15 is 0 Å². The lowest BCUT2D eigenvalue weighted by molar-refractivity contribution is 0.221. The molecule has 0 saturated heterocycles. The molecule has 0 N–H and O–H groups in total. The molecule has 1 atom stereocenters. The zero-order valence-electron chi connectivity index (χ0n) is 17.7. The molecule has 0 amide bonds. The Bertz CT molecular complexity index is 558. The molecule has 0 radical (unpaired) electrons.